The second-order valence-electron chi connectivity index (χ2n) is 5.42. The molecule has 0 saturated heterocycles. The number of hydrogen-bond donors (Lipinski definition) is 1. The number of carbonyl (C=O) groups is 2. The molecule has 0 bridgehead atoms. The molecule has 0 aliphatic carbocycles. The average molecular weight is 371 g/mol. The second kappa shape index (κ2) is 8.26. The van der Waals surface area contributed by atoms with Crippen molar-refractivity contribution in [3.63, 3.8) is 0 Å². The molecule has 2 aromatic carbocycles. The van der Waals surface area contributed by atoms with Gasteiger partial charge in [-0.3, -0.25) is 4.79 Å². The molecule has 3 rings (SSSR count). The zero-order valence-corrected chi connectivity index (χ0v) is 14.4. The van der Waals surface area contributed by atoms with Crippen LogP contribution < -0.4 is 5.32 Å². The highest BCUT2D eigenvalue weighted by molar-refractivity contribution is 6.30. The Balaban J connectivity index is 1.50. The Morgan fingerprint density at radius 2 is 1.96 bits per heavy atom. The van der Waals surface area contributed by atoms with Crippen LogP contribution in [0.5, 0.6) is 0 Å². The molecule has 26 heavy (non-hydrogen) atoms. The van der Waals surface area contributed by atoms with Crippen LogP contribution in [0.1, 0.15) is 15.9 Å². The van der Waals surface area contributed by atoms with Gasteiger partial charge in [0.1, 0.15) is 12.7 Å². The molecule has 1 aromatic heterocycles. The van der Waals surface area contributed by atoms with Crippen LogP contribution in [0.2, 0.25) is 5.02 Å². The van der Waals surface area contributed by atoms with Crippen LogP contribution in [0, 0.1) is 0 Å². The normalized spacial score (nSPS) is 10.3. The van der Waals surface area contributed by atoms with E-state index in [4.69, 9.17) is 16.3 Å². The summed E-state index contributed by atoms with van der Waals surface area (Å²) < 4.78 is 6.70. The van der Waals surface area contributed by atoms with Crippen molar-refractivity contribution in [1.29, 1.82) is 0 Å². The van der Waals surface area contributed by atoms with Crippen LogP contribution >= 0.6 is 11.6 Å². The number of amides is 1. The van der Waals surface area contributed by atoms with Gasteiger partial charge in [-0.15, -0.1) is 0 Å². The molecule has 1 heterocycles. The van der Waals surface area contributed by atoms with E-state index in [2.05, 4.69) is 15.4 Å². The third-order valence-corrected chi connectivity index (χ3v) is 3.68. The molecule has 7 nitrogen and oxygen atoms in total. The largest absolute Gasteiger partial charge is 0.452 e. The number of nitrogens with one attached hydrogen (secondary N) is 1. The number of halogens is 1. The van der Waals surface area contributed by atoms with E-state index in [1.54, 1.807) is 59.5 Å². The molecule has 0 unspecified atom stereocenters. The topological polar surface area (TPSA) is 86.1 Å². The van der Waals surface area contributed by atoms with E-state index < -0.39 is 11.9 Å². The molecule has 1 amide bonds. The molecule has 0 aliphatic heterocycles. The van der Waals surface area contributed by atoms with Gasteiger partial charge in [-0.2, -0.15) is 5.10 Å². The molecule has 3 aromatic rings. The number of esters is 1. The lowest BCUT2D eigenvalue weighted by Gasteiger charge is -2.07. The van der Waals surface area contributed by atoms with Gasteiger partial charge in [0, 0.05) is 10.7 Å². The molecule has 0 saturated carbocycles. The number of nitrogens with zero attached hydrogens (tertiary/aromatic N) is 3. The zero-order chi connectivity index (χ0) is 18.4. The molecule has 0 radical (unpaired) electrons. The Hall–Kier alpha value is -3.19. The van der Waals surface area contributed by atoms with Crippen molar-refractivity contribution in [2.24, 2.45) is 0 Å². The van der Waals surface area contributed by atoms with Crippen molar-refractivity contribution in [3.05, 3.63) is 77.3 Å². The first-order valence-electron chi connectivity index (χ1n) is 7.74. The average Bonchev–Trinajstić information content (AvgIpc) is 3.13. The van der Waals surface area contributed by atoms with Gasteiger partial charge in [0.2, 0.25) is 0 Å². The molecule has 0 atom stereocenters. The summed E-state index contributed by atoms with van der Waals surface area (Å²) >= 11 is 5.85. The summed E-state index contributed by atoms with van der Waals surface area (Å²) in [5, 5.41) is 7.13. The predicted molar refractivity (Wildman–Crippen MR) is 95.9 cm³/mol. The van der Waals surface area contributed by atoms with E-state index in [1.165, 1.54) is 6.33 Å². The first-order chi connectivity index (χ1) is 12.6. The molecule has 0 spiro atoms. The molecule has 0 aliphatic rings. The maximum absolute atomic E-state index is 12.0. The third kappa shape index (κ3) is 4.90. The van der Waals surface area contributed by atoms with Crippen molar-refractivity contribution in [2.45, 2.75) is 6.54 Å². The number of ether oxygens (including phenoxy) is 1. The van der Waals surface area contributed by atoms with E-state index in [0.29, 0.717) is 22.8 Å². The van der Waals surface area contributed by atoms with Crippen LogP contribution in [0.15, 0.2) is 61.2 Å². The summed E-state index contributed by atoms with van der Waals surface area (Å²) in [6.07, 6.45) is 3.07. The van der Waals surface area contributed by atoms with Crippen molar-refractivity contribution in [1.82, 2.24) is 14.8 Å². The maximum Gasteiger partial charge on any atom is 0.338 e. The minimum absolute atomic E-state index is 0.364. The van der Waals surface area contributed by atoms with E-state index in [-0.39, 0.29) is 6.61 Å². The molecule has 1 N–H and O–H groups in total. The number of aromatic nitrogens is 3. The van der Waals surface area contributed by atoms with Crippen LogP contribution in [0.4, 0.5) is 5.69 Å². The lowest BCUT2D eigenvalue weighted by atomic mass is 10.1. The smallest absolute Gasteiger partial charge is 0.338 e. The lowest BCUT2D eigenvalue weighted by Crippen LogP contribution is -2.20. The summed E-state index contributed by atoms with van der Waals surface area (Å²) in [5.41, 5.74) is 1.87. The number of anilines is 1. The second-order valence-corrected chi connectivity index (χ2v) is 5.86. The van der Waals surface area contributed by atoms with Gasteiger partial charge in [-0.25, -0.2) is 14.5 Å². The van der Waals surface area contributed by atoms with Crippen LogP contribution in [-0.2, 0) is 16.1 Å². The molecule has 132 valence electrons. The van der Waals surface area contributed by atoms with Crippen LogP contribution in [0.3, 0.4) is 0 Å². The molecule has 0 fully saturated rings. The third-order valence-electron chi connectivity index (χ3n) is 3.44. The molecule has 8 heteroatoms. The van der Waals surface area contributed by atoms with Gasteiger partial charge in [-0.05, 0) is 35.9 Å². The summed E-state index contributed by atoms with van der Waals surface area (Å²) in [6.45, 7) is 0.170. The highest BCUT2D eigenvalue weighted by atomic mass is 35.5. The summed E-state index contributed by atoms with van der Waals surface area (Å²) in [7, 11) is 0. The van der Waals surface area contributed by atoms with E-state index >= 15 is 0 Å². The Morgan fingerprint density at radius 3 is 2.65 bits per heavy atom. The number of rotatable bonds is 6. The monoisotopic (exact) mass is 370 g/mol. The number of hydrogen-bond acceptors (Lipinski definition) is 5. The predicted octanol–water partition coefficient (Wildman–Crippen LogP) is 2.78. The fourth-order valence-corrected chi connectivity index (χ4v) is 2.42. The van der Waals surface area contributed by atoms with Crippen molar-refractivity contribution >= 4 is 29.2 Å². The van der Waals surface area contributed by atoms with Crippen molar-refractivity contribution in [2.75, 3.05) is 11.9 Å². The van der Waals surface area contributed by atoms with E-state index in [1.807, 2.05) is 0 Å². The maximum atomic E-state index is 12.0. The lowest BCUT2D eigenvalue weighted by molar-refractivity contribution is -0.119. The quantitative estimate of drug-likeness (QED) is 0.674. The summed E-state index contributed by atoms with van der Waals surface area (Å²) in [4.78, 5) is 27.7. The van der Waals surface area contributed by atoms with Gasteiger partial charge in [-0.1, -0.05) is 29.8 Å². The van der Waals surface area contributed by atoms with Gasteiger partial charge in [0.05, 0.1) is 12.1 Å². The highest BCUT2D eigenvalue weighted by Crippen LogP contribution is 2.14. The van der Waals surface area contributed by atoms with Crippen LogP contribution in [-0.4, -0.2) is 33.2 Å². The van der Waals surface area contributed by atoms with Gasteiger partial charge in [0.25, 0.3) is 5.91 Å². The highest BCUT2D eigenvalue weighted by Gasteiger charge is 2.11. The fourth-order valence-electron chi connectivity index (χ4n) is 2.23. The molecular formula is C18H15ClN4O3. The van der Waals surface area contributed by atoms with Gasteiger partial charge in [0.15, 0.2) is 6.61 Å². The first-order valence-corrected chi connectivity index (χ1v) is 8.12. The van der Waals surface area contributed by atoms with Gasteiger partial charge < -0.3 is 10.1 Å². The van der Waals surface area contributed by atoms with Gasteiger partial charge >= 0.3 is 5.97 Å². The summed E-state index contributed by atoms with van der Waals surface area (Å²) in [6, 6.07) is 13.6. The minimum atomic E-state index is -0.571. The zero-order valence-electron chi connectivity index (χ0n) is 13.6. The number of benzene rings is 2. The molecular weight excluding hydrogens is 356 g/mol. The Morgan fingerprint density at radius 1 is 1.15 bits per heavy atom. The Kier molecular flexibility index (Phi) is 5.60. The van der Waals surface area contributed by atoms with E-state index in [9.17, 15) is 9.59 Å². The standard InChI is InChI=1S/C18H15ClN4O3/c19-15-2-1-3-16(8-15)22-17(24)10-26-18(25)14-6-4-13(5-7-14)9-23-12-20-11-21-23/h1-8,11-12H,9-10H2,(H,22,24). The van der Waals surface area contributed by atoms with Crippen molar-refractivity contribution in [3.8, 4) is 0 Å². The Labute approximate surface area is 154 Å². The fraction of sp³-hybridized carbons (Fsp3) is 0.111. The van der Waals surface area contributed by atoms with Crippen molar-refractivity contribution < 1.29 is 14.3 Å². The van der Waals surface area contributed by atoms with E-state index in [0.717, 1.165) is 5.56 Å². The minimum Gasteiger partial charge on any atom is -0.452 e. The van der Waals surface area contributed by atoms with Crippen LogP contribution in [0.25, 0.3) is 0 Å². The SMILES string of the molecule is O=C(COC(=O)c1ccc(Cn2cncn2)cc1)Nc1cccc(Cl)c1. The summed E-state index contributed by atoms with van der Waals surface area (Å²) in [5.74, 6) is -1.01. The first kappa shape index (κ1) is 17.6. The Bertz CT molecular complexity index is 895. The number of carbonyl (C=O) groups excluding carboxylic acids is 2.